The fourth-order valence-corrected chi connectivity index (χ4v) is 3.27. The lowest BCUT2D eigenvalue weighted by molar-refractivity contribution is -0.146. The predicted molar refractivity (Wildman–Crippen MR) is 81.4 cm³/mol. The van der Waals surface area contributed by atoms with E-state index in [4.69, 9.17) is 4.74 Å². The Hall–Kier alpha value is -1.72. The number of hydrogen-bond acceptors (Lipinski definition) is 2. The number of likely N-dealkylation sites (tertiary alicyclic amines) is 1. The van der Waals surface area contributed by atoms with Gasteiger partial charge in [-0.2, -0.15) is 13.2 Å². The van der Waals surface area contributed by atoms with Crippen LogP contribution in [0.2, 0.25) is 0 Å². The first-order valence-electron chi connectivity index (χ1n) is 7.75. The number of halogens is 3. The first-order chi connectivity index (χ1) is 10.8. The maximum absolute atomic E-state index is 12.9. The van der Waals surface area contributed by atoms with Gasteiger partial charge in [-0.1, -0.05) is 18.6 Å². The van der Waals surface area contributed by atoms with E-state index in [9.17, 15) is 18.0 Å². The Morgan fingerprint density at radius 1 is 1.30 bits per heavy atom. The first kappa shape index (κ1) is 17.6. The number of amides is 1. The van der Waals surface area contributed by atoms with Crippen molar-refractivity contribution in [3.8, 4) is 5.75 Å². The fraction of sp³-hybridized carbons (Fsp3) is 0.588. The summed E-state index contributed by atoms with van der Waals surface area (Å²) in [6.07, 6.45) is -3.52. The van der Waals surface area contributed by atoms with Gasteiger partial charge in [0, 0.05) is 20.0 Å². The van der Waals surface area contributed by atoms with Gasteiger partial charge in [0.25, 0.3) is 0 Å². The van der Waals surface area contributed by atoms with Gasteiger partial charge in [0.1, 0.15) is 5.75 Å². The summed E-state index contributed by atoms with van der Waals surface area (Å²) in [5.74, 6) is 0.320. The zero-order valence-corrected chi connectivity index (χ0v) is 13.4. The number of carbonyl (C=O) groups excluding carboxylic acids is 1. The standard InChI is InChI=1S/C17H22F3NO2/c1-21-11-4-3-8-16(15(21)22,9-10-17(18,19)20)13-6-5-7-14(12-13)23-2/h5-7,12H,3-4,8-11H2,1-2H3/t16-/m1/s1. The number of nitrogens with zero attached hydrogens (tertiary/aromatic N) is 1. The molecule has 0 aliphatic carbocycles. The van der Waals surface area contributed by atoms with Crippen LogP contribution in [0.1, 0.15) is 37.7 Å². The van der Waals surface area contributed by atoms with E-state index in [0.717, 1.165) is 12.8 Å². The Labute approximate surface area is 134 Å². The van der Waals surface area contributed by atoms with Crippen molar-refractivity contribution in [2.75, 3.05) is 20.7 Å². The van der Waals surface area contributed by atoms with E-state index in [0.29, 0.717) is 24.3 Å². The SMILES string of the molecule is COc1cccc([C@]2(CCC(F)(F)F)CCCCN(C)C2=O)c1. The average Bonchev–Trinajstić information content (AvgIpc) is 2.66. The molecule has 0 bridgehead atoms. The number of alkyl halides is 3. The molecule has 1 heterocycles. The number of benzene rings is 1. The fourth-order valence-electron chi connectivity index (χ4n) is 3.27. The number of rotatable bonds is 4. The molecule has 2 rings (SSSR count). The van der Waals surface area contributed by atoms with Gasteiger partial charge in [0.15, 0.2) is 0 Å². The predicted octanol–water partition coefficient (Wildman–Crippen LogP) is 3.92. The number of ether oxygens (including phenoxy) is 1. The summed E-state index contributed by atoms with van der Waals surface area (Å²) in [5.41, 5.74) is -0.519. The van der Waals surface area contributed by atoms with Crippen LogP contribution in [0.5, 0.6) is 5.75 Å². The second-order valence-electron chi connectivity index (χ2n) is 6.11. The molecule has 0 saturated carbocycles. The Morgan fingerprint density at radius 3 is 2.70 bits per heavy atom. The molecule has 23 heavy (non-hydrogen) atoms. The van der Waals surface area contributed by atoms with Crippen molar-refractivity contribution in [2.45, 2.75) is 43.7 Å². The van der Waals surface area contributed by atoms with Gasteiger partial charge in [-0.05, 0) is 37.0 Å². The van der Waals surface area contributed by atoms with Crippen LogP contribution in [0, 0.1) is 0 Å². The van der Waals surface area contributed by atoms with Crippen molar-refractivity contribution in [1.82, 2.24) is 4.90 Å². The molecule has 1 saturated heterocycles. The van der Waals surface area contributed by atoms with Crippen LogP contribution in [-0.4, -0.2) is 37.7 Å². The smallest absolute Gasteiger partial charge is 0.389 e. The largest absolute Gasteiger partial charge is 0.497 e. The molecule has 1 aliphatic heterocycles. The zero-order valence-electron chi connectivity index (χ0n) is 13.4. The van der Waals surface area contributed by atoms with Crippen LogP contribution in [0.3, 0.4) is 0 Å². The van der Waals surface area contributed by atoms with E-state index in [2.05, 4.69) is 0 Å². The van der Waals surface area contributed by atoms with E-state index in [1.54, 1.807) is 36.2 Å². The van der Waals surface area contributed by atoms with Crippen LogP contribution < -0.4 is 4.74 Å². The van der Waals surface area contributed by atoms with E-state index < -0.39 is 18.0 Å². The van der Waals surface area contributed by atoms with Gasteiger partial charge in [0.2, 0.25) is 5.91 Å². The molecule has 1 aliphatic rings. The van der Waals surface area contributed by atoms with Crippen molar-refractivity contribution in [2.24, 2.45) is 0 Å². The van der Waals surface area contributed by atoms with Crippen LogP contribution >= 0.6 is 0 Å². The highest BCUT2D eigenvalue weighted by atomic mass is 19.4. The Bertz CT molecular complexity index is 559. The minimum Gasteiger partial charge on any atom is -0.497 e. The molecule has 1 aromatic rings. The highest BCUT2D eigenvalue weighted by Crippen LogP contribution is 2.41. The van der Waals surface area contributed by atoms with Crippen LogP contribution in [0.15, 0.2) is 24.3 Å². The molecule has 0 aromatic heterocycles. The summed E-state index contributed by atoms with van der Waals surface area (Å²) in [5, 5.41) is 0. The maximum atomic E-state index is 12.9. The zero-order chi connectivity index (χ0) is 17.1. The van der Waals surface area contributed by atoms with Gasteiger partial charge in [-0.3, -0.25) is 4.79 Å². The van der Waals surface area contributed by atoms with Gasteiger partial charge in [-0.15, -0.1) is 0 Å². The van der Waals surface area contributed by atoms with Gasteiger partial charge >= 0.3 is 6.18 Å². The third-order valence-electron chi connectivity index (χ3n) is 4.56. The molecule has 0 N–H and O–H groups in total. The molecule has 0 radical (unpaired) electrons. The molecule has 1 atom stereocenters. The van der Waals surface area contributed by atoms with E-state index >= 15 is 0 Å². The van der Waals surface area contributed by atoms with Gasteiger partial charge in [0.05, 0.1) is 12.5 Å². The first-order valence-corrected chi connectivity index (χ1v) is 7.75. The van der Waals surface area contributed by atoms with E-state index in [1.165, 1.54) is 7.11 Å². The molecule has 1 aromatic carbocycles. The minimum atomic E-state index is -4.28. The lowest BCUT2D eigenvalue weighted by atomic mass is 9.72. The monoisotopic (exact) mass is 329 g/mol. The van der Waals surface area contributed by atoms with Crippen molar-refractivity contribution in [3.05, 3.63) is 29.8 Å². The molecule has 0 unspecified atom stereocenters. The highest BCUT2D eigenvalue weighted by molar-refractivity contribution is 5.88. The second-order valence-corrected chi connectivity index (χ2v) is 6.11. The summed E-state index contributed by atoms with van der Waals surface area (Å²) in [4.78, 5) is 14.5. The van der Waals surface area contributed by atoms with Crippen molar-refractivity contribution in [1.29, 1.82) is 0 Å². The third-order valence-corrected chi connectivity index (χ3v) is 4.56. The molecule has 1 fully saturated rings. The second kappa shape index (κ2) is 6.81. The molecule has 128 valence electrons. The van der Waals surface area contributed by atoms with E-state index in [1.807, 2.05) is 0 Å². The molecule has 3 nitrogen and oxygen atoms in total. The Balaban J connectivity index is 2.46. The molecule has 6 heteroatoms. The Kier molecular flexibility index (Phi) is 5.22. The van der Waals surface area contributed by atoms with Crippen LogP contribution in [0.25, 0.3) is 0 Å². The minimum absolute atomic E-state index is 0.229. The highest BCUT2D eigenvalue weighted by Gasteiger charge is 2.45. The lowest BCUT2D eigenvalue weighted by Gasteiger charge is -2.35. The molecular weight excluding hydrogens is 307 g/mol. The van der Waals surface area contributed by atoms with Gasteiger partial charge < -0.3 is 9.64 Å². The molecular formula is C17H22F3NO2. The summed E-state index contributed by atoms with van der Waals surface area (Å²) < 4.78 is 43.6. The van der Waals surface area contributed by atoms with Crippen molar-refractivity contribution in [3.63, 3.8) is 0 Å². The van der Waals surface area contributed by atoms with Crippen molar-refractivity contribution < 1.29 is 22.7 Å². The van der Waals surface area contributed by atoms with Crippen LogP contribution in [-0.2, 0) is 10.2 Å². The van der Waals surface area contributed by atoms with Crippen molar-refractivity contribution >= 4 is 5.91 Å². The average molecular weight is 329 g/mol. The molecule has 0 spiro atoms. The van der Waals surface area contributed by atoms with E-state index in [-0.39, 0.29) is 12.3 Å². The summed E-state index contributed by atoms with van der Waals surface area (Å²) in [6.45, 7) is 0.580. The molecule has 1 amide bonds. The maximum Gasteiger partial charge on any atom is 0.389 e. The number of likely N-dealkylation sites (N-methyl/N-ethyl adjacent to an activating group) is 1. The topological polar surface area (TPSA) is 29.5 Å². The number of hydrogen-bond donors (Lipinski definition) is 0. The summed E-state index contributed by atoms with van der Waals surface area (Å²) >= 11 is 0. The lowest BCUT2D eigenvalue weighted by Crippen LogP contribution is -2.44. The quantitative estimate of drug-likeness (QED) is 0.838. The number of carbonyl (C=O) groups is 1. The summed E-state index contributed by atoms with van der Waals surface area (Å²) in [6, 6.07) is 6.87. The third kappa shape index (κ3) is 3.98. The normalized spacial score (nSPS) is 22.8. The van der Waals surface area contributed by atoms with Crippen LogP contribution in [0.4, 0.5) is 13.2 Å². The number of methoxy groups -OCH3 is 1. The van der Waals surface area contributed by atoms with Gasteiger partial charge in [-0.25, -0.2) is 0 Å². The summed E-state index contributed by atoms with van der Waals surface area (Å²) in [7, 11) is 3.17. The Morgan fingerprint density at radius 2 is 2.04 bits per heavy atom.